The van der Waals surface area contributed by atoms with Gasteiger partial charge in [0.25, 0.3) is 0 Å². The minimum absolute atomic E-state index is 0. The fourth-order valence-electron chi connectivity index (χ4n) is 1.75. The van der Waals surface area contributed by atoms with E-state index in [0.29, 0.717) is 5.39 Å². The summed E-state index contributed by atoms with van der Waals surface area (Å²) in [7, 11) is 0. The molecule has 2 heterocycles. The Balaban J connectivity index is 0.00000242. The van der Waals surface area contributed by atoms with Gasteiger partial charge in [-0.3, -0.25) is 5.41 Å². The number of alkyl halides is 5. The van der Waals surface area contributed by atoms with Crippen LogP contribution < -0.4 is 5.73 Å². The van der Waals surface area contributed by atoms with Crippen molar-refractivity contribution in [2.45, 2.75) is 25.1 Å². The zero-order chi connectivity index (χ0) is 15.8. The molecule has 22 heavy (non-hydrogen) atoms. The van der Waals surface area contributed by atoms with E-state index in [1.54, 1.807) is 0 Å². The number of nitrogen functional groups attached to an aromatic ring is 1. The number of hydrogen-bond acceptors (Lipinski definition) is 3. The lowest BCUT2D eigenvalue weighted by atomic mass is 10.2. The maximum absolute atomic E-state index is 12.9. The van der Waals surface area contributed by atoms with Gasteiger partial charge in [0.1, 0.15) is 11.5 Å². The Kier molecular flexibility index (Phi) is 4.96. The largest absolute Gasteiger partial charge is 0.453 e. The number of nitrogens with two attached hydrogens (primary N) is 1. The first-order valence-electron chi connectivity index (χ1n) is 5.74. The van der Waals surface area contributed by atoms with E-state index in [1.165, 1.54) is 18.3 Å². The smallest absolute Gasteiger partial charge is 0.382 e. The molecule has 2 rings (SSSR count). The number of nitrogens with one attached hydrogen (secondary N) is 1. The second-order valence-electron chi connectivity index (χ2n) is 4.31. The lowest BCUT2D eigenvalue weighted by Gasteiger charge is -2.19. The standard InChI is InChI=1S/C11H10F5N5.ClH/c12-10(13,11(14,15)16)3-5-21-9-6(2-1-4-19-9)7(20-21)8(17)18;/h1-2,4H,3,5H2,(H3,17,18);1H. The van der Waals surface area contributed by atoms with Crippen LogP contribution in [0.15, 0.2) is 18.3 Å². The summed E-state index contributed by atoms with van der Waals surface area (Å²) in [5.41, 5.74) is 5.39. The summed E-state index contributed by atoms with van der Waals surface area (Å²) < 4.78 is 63.2. The molecule has 0 aliphatic rings. The van der Waals surface area contributed by atoms with Gasteiger partial charge in [-0.1, -0.05) is 0 Å². The molecule has 0 aliphatic carbocycles. The van der Waals surface area contributed by atoms with Gasteiger partial charge in [0.2, 0.25) is 0 Å². The number of nitrogens with zero attached hydrogens (tertiary/aromatic N) is 3. The van der Waals surface area contributed by atoms with Crippen LogP contribution in [0.3, 0.4) is 0 Å². The van der Waals surface area contributed by atoms with Gasteiger partial charge in [0.05, 0.1) is 5.39 Å². The van der Waals surface area contributed by atoms with Gasteiger partial charge < -0.3 is 5.73 Å². The number of hydrogen-bond donors (Lipinski definition) is 2. The average molecular weight is 344 g/mol. The predicted molar refractivity (Wildman–Crippen MR) is 71.4 cm³/mol. The Bertz CT molecular complexity index is 681. The molecule has 0 unspecified atom stereocenters. The summed E-state index contributed by atoms with van der Waals surface area (Å²) in [6.45, 7) is -0.701. The van der Waals surface area contributed by atoms with E-state index in [0.717, 1.165) is 4.68 Å². The van der Waals surface area contributed by atoms with E-state index in [9.17, 15) is 22.0 Å². The van der Waals surface area contributed by atoms with Crippen LogP contribution in [0.2, 0.25) is 0 Å². The number of amidine groups is 1. The van der Waals surface area contributed by atoms with Crippen LogP contribution in [-0.4, -0.2) is 32.7 Å². The maximum atomic E-state index is 12.9. The molecule has 11 heteroatoms. The molecule has 5 nitrogen and oxygen atoms in total. The fraction of sp³-hybridized carbons (Fsp3) is 0.364. The second-order valence-corrected chi connectivity index (χ2v) is 4.31. The summed E-state index contributed by atoms with van der Waals surface area (Å²) in [4.78, 5) is 3.87. The molecular formula is C11H11ClF5N5. The number of aryl methyl sites for hydroxylation is 1. The van der Waals surface area contributed by atoms with Crippen molar-refractivity contribution >= 4 is 29.3 Å². The highest BCUT2D eigenvalue weighted by Gasteiger charge is 2.56. The van der Waals surface area contributed by atoms with Crippen LogP contribution in [0.4, 0.5) is 22.0 Å². The molecule has 122 valence electrons. The molecule has 0 amide bonds. The highest BCUT2D eigenvalue weighted by molar-refractivity contribution is 6.04. The van der Waals surface area contributed by atoms with E-state index >= 15 is 0 Å². The molecule has 0 aromatic carbocycles. The highest BCUT2D eigenvalue weighted by atomic mass is 35.5. The Morgan fingerprint density at radius 2 is 1.91 bits per heavy atom. The van der Waals surface area contributed by atoms with Gasteiger partial charge in [-0.25, -0.2) is 9.67 Å². The van der Waals surface area contributed by atoms with Gasteiger partial charge in [0, 0.05) is 19.2 Å². The van der Waals surface area contributed by atoms with Crippen molar-refractivity contribution in [2.75, 3.05) is 0 Å². The molecule has 2 aromatic heterocycles. The number of fused-ring (bicyclic) bond motifs is 1. The van der Waals surface area contributed by atoms with Crippen molar-refractivity contribution in [3.8, 4) is 0 Å². The summed E-state index contributed by atoms with van der Waals surface area (Å²) in [5.74, 6) is -5.24. The quantitative estimate of drug-likeness (QED) is 0.509. The summed E-state index contributed by atoms with van der Waals surface area (Å²) in [6, 6.07) is 3.02. The summed E-state index contributed by atoms with van der Waals surface area (Å²) >= 11 is 0. The van der Waals surface area contributed by atoms with E-state index in [2.05, 4.69) is 10.1 Å². The highest BCUT2D eigenvalue weighted by Crippen LogP contribution is 2.38. The number of halogens is 6. The lowest BCUT2D eigenvalue weighted by Crippen LogP contribution is -2.37. The molecule has 0 atom stereocenters. The Hall–Kier alpha value is -1.97. The van der Waals surface area contributed by atoms with Gasteiger partial charge in [-0.05, 0) is 12.1 Å². The third-order valence-electron chi connectivity index (χ3n) is 2.81. The summed E-state index contributed by atoms with van der Waals surface area (Å²) in [5, 5.41) is 11.4. The first-order chi connectivity index (χ1) is 9.63. The van der Waals surface area contributed by atoms with Crippen LogP contribution in [0.25, 0.3) is 11.0 Å². The monoisotopic (exact) mass is 343 g/mol. The minimum Gasteiger partial charge on any atom is -0.382 e. The predicted octanol–water partition coefficient (Wildman–Crippen LogP) is 2.72. The number of pyridine rings is 1. The molecule has 0 fully saturated rings. The first-order valence-corrected chi connectivity index (χ1v) is 5.74. The van der Waals surface area contributed by atoms with Crippen molar-refractivity contribution in [3.63, 3.8) is 0 Å². The van der Waals surface area contributed by atoms with Crippen molar-refractivity contribution in [2.24, 2.45) is 5.73 Å². The molecule has 0 radical (unpaired) electrons. The van der Waals surface area contributed by atoms with Crippen LogP contribution in [0, 0.1) is 5.41 Å². The van der Waals surface area contributed by atoms with Crippen LogP contribution >= 0.6 is 12.4 Å². The number of rotatable bonds is 4. The molecule has 2 aromatic rings. The van der Waals surface area contributed by atoms with Gasteiger partial charge >= 0.3 is 12.1 Å². The van der Waals surface area contributed by atoms with E-state index < -0.39 is 30.9 Å². The lowest BCUT2D eigenvalue weighted by molar-refractivity contribution is -0.285. The van der Waals surface area contributed by atoms with Crippen molar-refractivity contribution < 1.29 is 22.0 Å². The van der Waals surface area contributed by atoms with E-state index in [4.69, 9.17) is 11.1 Å². The fourth-order valence-corrected chi connectivity index (χ4v) is 1.75. The van der Waals surface area contributed by atoms with E-state index in [1.807, 2.05) is 0 Å². The second kappa shape index (κ2) is 6.03. The third kappa shape index (κ3) is 3.26. The van der Waals surface area contributed by atoms with Crippen molar-refractivity contribution in [1.29, 1.82) is 5.41 Å². The van der Waals surface area contributed by atoms with Crippen molar-refractivity contribution in [1.82, 2.24) is 14.8 Å². The zero-order valence-corrected chi connectivity index (χ0v) is 11.7. The summed E-state index contributed by atoms with van der Waals surface area (Å²) in [6.07, 6.45) is -5.75. The normalized spacial score (nSPS) is 12.2. The molecule has 0 saturated heterocycles. The molecular weight excluding hydrogens is 333 g/mol. The first kappa shape index (κ1) is 18.1. The van der Waals surface area contributed by atoms with Crippen molar-refractivity contribution in [3.05, 3.63) is 24.0 Å². The molecule has 0 bridgehead atoms. The maximum Gasteiger partial charge on any atom is 0.453 e. The Morgan fingerprint density at radius 1 is 1.27 bits per heavy atom. The number of aromatic nitrogens is 3. The third-order valence-corrected chi connectivity index (χ3v) is 2.81. The molecule has 3 N–H and O–H groups in total. The Labute approximate surface area is 127 Å². The van der Waals surface area contributed by atoms with Crippen LogP contribution in [0.1, 0.15) is 12.1 Å². The average Bonchev–Trinajstić information content (AvgIpc) is 2.74. The topological polar surface area (TPSA) is 80.6 Å². The molecule has 0 aliphatic heterocycles. The minimum atomic E-state index is -5.62. The SMILES string of the molecule is Cl.N=C(N)c1nn(CCC(F)(F)C(F)(F)F)c2ncccc12. The molecule has 0 saturated carbocycles. The van der Waals surface area contributed by atoms with E-state index in [-0.39, 0.29) is 23.7 Å². The van der Waals surface area contributed by atoms with Gasteiger partial charge in [-0.2, -0.15) is 27.1 Å². The van der Waals surface area contributed by atoms with Crippen LogP contribution in [-0.2, 0) is 6.54 Å². The molecule has 0 spiro atoms. The zero-order valence-electron chi connectivity index (χ0n) is 10.9. The van der Waals surface area contributed by atoms with Crippen LogP contribution in [0.5, 0.6) is 0 Å². The Morgan fingerprint density at radius 3 is 2.45 bits per heavy atom. The van der Waals surface area contributed by atoms with Gasteiger partial charge in [-0.15, -0.1) is 12.4 Å². The van der Waals surface area contributed by atoms with Gasteiger partial charge in [0.15, 0.2) is 5.65 Å².